The fraction of sp³-hybridized carbons (Fsp3) is 0.688. The highest BCUT2D eigenvalue weighted by molar-refractivity contribution is 7.84. The van der Waals surface area contributed by atoms with Gasteiger partial charge in [-0.2, -0.15) is 0 Å². The number of halogens is 1. The minimum atomic E-state index is -1.33. The van der Waals surface area contributed by atoms with E-state index in [1.807, 2.05) is 20.8 Å². The summed E-state index contributed by atoms with van der Waals surface area (Å²) in [5, 5.41) is 0.555. The smallest absolute Gasteiger partial charge is 0.410 e. The molecule has 0 aliphatic carbocycles. The molecule has 1 aromatic rings. The van der Waals surface area contributed by atoms with Crippen LogP contribution >= 0.6 is 11.6 Å². The average Bonchev–Trinajstić information content (AvgIpc) is 2.44. The number of aryl methyl sites for hydroxylation is 1. The SMILES string of the molecule is Cc1cc(Cl)nc([S@@](=O)C[C@H]2CCCN(C(=O)OC(C)(C)C)C2)n1. The molecule has 8 heteroatoms. The van der Waals surface area contributed by atoms with Crippen LogP contribution in [0.4, 0.5) is 4.79 Å². The van der Waals surface area contributed by atoms with Crippen molar-refractivity contribution in [3.63, 3.8) is 0 Å². The number of likely N-dealkylation sites (tertiary alicyclic amines) is 1. The molecule has 2 atom stereocenters. The molecule has 0 radical (unpaired) electrons. The Morgan fingerprint density at radius 2 is 2.17 bits per heavy atom. The van der Waals surface area contributed by atoms with Gasteiger partial charge in [0.2, 0.25) is 5.16 Å². The number of hydrogen-bond acceptors (Lipinski definition) is 5. The van der Waals surface area contributed by atoms with Crippen LogP contribution in [0.5, 0.6) is 0 Å². The Bertz CT molecular complexity index is 613. The molecule has 0 N–H and O–H groups in total. The number of piperidine rings is 1. The quantitative estimate of drug-likeness (QED) is 0.601. The number of nitrogens with zero attached hydrogens (tertiary/aromatic N) is 3. The molecule has 2 heterocycles. The average molecular weight is 374 g/mol. The van der Waals surface area contributed by atoms with Crippen molar-refractivity contribution in [3.05, 3.63) is 16.9 Å². The van der Waals surface area contributed by atoms with Crippen molar-refractivity contribution in [2.24, 2.45) is 5.92 Å². The van der Waals surface area contributed by atoms with Gasteiger partial charge in [0.15, 0.2) is 0 Å². The van der Waals surface area contributed by atoms with Gasteiger partial charge in [-0.1, -0.05) is 11.6 Å². The van der Waals surface area contributed by atoms with Gasteiger partial charge in [-0.25, -0.2) is 14.8 Å². The molecule has 0 unspecified atom stereocenters. The molecule has 0 saturated carbocycles. The normalized spacial score (nSPS) is 19.9. The van der Waals surface area contributed by atoms with Gasteiger partial charge in [0.1, 0.15) is 10.8 Å². The zero-order valence-corrected chi connectivity index (χ0v) is 16.1. The van der Waals surface area contributed by atoms with Crippen LogP contribution in [0.1, 0.15) is 39.3 Å². The van der Waals surface area contributed by atoms with E-state index in [2.05, 4.69) is 9.97 Å². The van der Waals surface area contributed by atoms with Crippen molar-refractivity contribution in [2.45, 2.75) is 51.3 Å². The lowest BCUT2D eigenvalue weighted by Gasteiger charge is -2.33. The van der Waals surface area contributed by atoms with Crippen molar-refractivity contribution in [1.82, 2.24) is 14.9 Å². The van der Waals surface area contributed by atoms with Crippen LogP contribution in [0, 0.1) is 12.8 Å². The number of ether oxygens (including phenoxy) is 1. The first-order valence-electron chi connectivity index (χ1n) is 8.01. The maximum absolute atomic E-state index is 12.5. The zero-order chi connectivity index (χ0) is 17.9. The van der Waals surface area contributed by atoms with Crippen LogP contribution in [-0.4, -0.2) is 49.6 Å². The highest BCUT2D eigenvalue weighted by Gasteiger charge is 2.29. The van der Waals surface area contributed by atoms with E-state index in [4.69, 9.17) is 16.3 Å². The molecule has 6 nitrogen and oxygen atoms in total. The first-order valence-corrected chi connectivity index (χ1v) is 9.71. The van der Waals surface area contributed by atoms with Crippen molar-refractivity contribution < 1.29 is 13.7 Å². The van der Waals surface area contributed by atoms with Crippen molar-refractivity contribution in [1.29, 1.82) is 0 Å². The van der Waals surface area contributed by atoms with Gasteiger partial charge in [0.25, 0.3) is 0 Å². The molecule has 24 heavy (non-hydrogen) atoms. The Kier molecular flexibility index (Phi) is 6.20. The van der Waals surface area contributed by atoms with E-state index in [1.165, 1.54) is 0 Å². The number of carbonyl (C=O) groups is 1. The monoisotopic (exact) mass is 373 g/mol. The molecule has 1 amide bonds. The summed E-state index contributed by atoms with van der Waals surface area (Å²) in [5.41, 5.74) is 0.177. The Morgan fingerprint density at radius 1 is 1.46 bits per heavy atom. The third-order valence-corrected chi connectivity index (χ3v) is 5.12. The summed E-state index contributed by atoms with van der Waals surface area (Å²) in [7, 11) is -1.33. The molecule has 1 aliphatic heterocycles. The zero-order valence-electron chi connectivity index (χ0n) is 14.5. The van der Waals surface area contributed by atoms with E-state index in [0.717, 1.165) is 12.8 Å². The highest BCUT2D eigenvalue weighted by Crippen LogP contribution is 2.21. The van der Waals surface area contributed by atoms with Gasteiger partial charge in [-0.05, 0) is 52.5 Å². The molecule has 1 aliphatic rings. The molecular formula is C16H24ClN3O3S. The molecule has 0 spiro atoms. The predicted molar refractivity (Wildman–Crippen MR) is 93.6 cm³/mol. The fourth-order valence-corrected chi connectivity index (χ4v) is 4.17. The van der Waals surface area contributed by atoms with E-state index >= 15 is 0 Å². The lowest BCUT2D eigenvalue weighted by molar-refractivity contribution is 0.0176. The summed E-state index contributed by atoms with van der Waals surface area (Å²) in [6, 6.07) is 1.63. The maximum atomic E-state index is 12.5. The molecule has 0 bridgehead atoms. The summed E-state index contributed by atoms with van der Waals surface area (Å²) in [4.78, 5) is 22.1. The molecule has 1 fully saturated rings. The number of hydrogen-bond donors (Lipinski definition) is 0. The van der Waals surface area contributed by atoms with Crippen LogP contribution < -0.4 is 0 Å². The Hall–Kier alpha value is -1.21. The molecule has 1 aromatic heterocycles. The minimum Gasteiger partial charge on any atom is -0.444 e. The summed E-state index contributed by atoms with van der Waals surface area (Å²) >= 11 is 5.91. The minimum absolute atomic E-state index is 0.134. The topological polar surface area (TPSA) is 72.4 Å². The molecule has 0 aromatic carbocycles. The standard InChI is InChI=1S/C16H24ClN3O3S/c1-11-8-13(17)19-14(18-11)24(22)10-12-6-5-7-20(9-12)15(21)23-16(2,3)4/h8,12H,5-7,9-10H2,1-4H3/t12-,24-/m0/s1. The van der Waals surface area contributed by atoms with Gasteiger partial charge in [-0.3, -0.25) is 4.21 Å². The molecule has 2 rings (SSSR count). The Morgan fingerprint density at radius 3 is 2.79 bits per heavy atom. The van der Waals surface area contributed by atoms with E-state index in [1.54, 1.807) is 17.9 Å². The van der Waals surface area contributed by atoms with Gasteiger partial charge < -0.3 is 9.64 Å². The van der Waals surface area contributed by atoms with E-state index in [9.17, 15) is 9.00 Å². The van der Waals surface area contributed by atoms with Gasteiger partial charge in [-0.15, -0.1) is 0 Å². The van der Waals surface area contributed by atoms with Gasteiger partial charge in [0, 0.05) is 24.5 Å². The third-order valence-electron chi connectivity index (χ3n) is 3.56. The van der Waals surface area contributed by atoms with Crippen molar-refractivity contribution in [3.8, 4) is 0 Å². The van der Waals surface area contributed by atoms with Gasteiger partial charge >= 0.3 is 6.09 Å². The molecule has 1 saturated heterocycles. The van der Waals surface area contributed by atoms with Crippen LogP contribution in [0.2, 0.25) is 5.15 Å². The second-order valence-corrected chi connectivity index (χ2v) is 8.84. The number of carbonyl (C=O) groups excluding carboxylic acids is 1. The van der Waals surface area contributed by atoms with E-state index < -0.39 is 16.4 Å². The van der Waals surface area contributed by atoms with Crippen molar-refractivity contribution >= 4 is 28.5 Å². The van der Waals surface area contributed by atoms with E-state index in [-0.39, 0.29) is 17.2 Å². The predicted octanol–water partition coefficient (Wildman–Crippen LogP) is 3.19. The third kappa shape index (κ3) is 5.70. The lowest BCUT2D eigenvalue weighted by atomic mass is 10.0. The van der Waals surface area contributed by atoms with Gasteiger partial charge in [0.05, 0.1) is 10.8 Å². The fourth-order valence-electron chi connectivity index (χ4n) is 2.59. The number of amides is 1. The summed E-state index contributed by atoms with van der Waals surface area (Å²) in [5.74, 6) is 0.550. The van der Waals surface area contributed by atoms with Crippen LogP contribution in [0.3, 0.4) is 0 Å². The number of rotatable bonds is 3. The first kappa shape index (κ1) is 19.1. The highest BCUT2D eigenvalue weighted by atomic mass is 35.5. The Balaban J connectivity index is 1.97. The molecule has 134 valence electrons. The summed E-state index contributed by atoms with van der Waals surface area (Å²) < 4.78 is 17.9. The van der Waals surface area contributed by atoms with Crippen LogP contribution in [0.15, 0.2) is 11.2 Å². The van der Waals surface area contributed by atoms with E-state index in [0.29, 0.717) is 29.7 Å². The second kappa shape index (κ2) is 7.78. The lowest BCUT2D eigenvalue weighted by Crippen LogP contribution is -2.44. The van der Waals surface area contributed by atoms with Crippen LogP contribution in [-0.2, 0) is 15.5 Å². The summed E-state index contributed by atoms with van der Waals surface area (Å²) in [6.45, 7) is 8.55. The largest absolute Gasteiger partial charge is 0.444 e. The van der Waals surface area contributed by atoms with Crippen molar-refractivity contribution in [2.75, 3.05) is 18.8 Å². The first-order chi connectivity index (χ1) is 11.1. The summed E-state index contributed by atoms with van der Waals surface area (Å²) in [6.07, 6.45) is 1.48. The molecular weight excluding hydrogens is 350 g/mol. The Labute approximate surface area is 150 Å². The number of aromatic nitrogens is 2. The van der Waals surface area contributed by atoms with Crippen LogP contribution in [0.25, 0.3) is 0 Å². The maximum Gasteiger partial charge on any atom is 0.410 e. The second-order valence-electron chi connectivity index (χ2n) is 7.06.